The fraction of sp³-hybridized carbons (Fsp3) is 0.500. The lowest BCUT2D eigenvalue weighted by Gasteiger charge is -2.23. The Hall–Kier alpha value is -2.04. The Morgan fingerprint density at radius 2 is 2.05 bits per heavy atom. The van der Waals surface area contributed by atoms with Crippen LogP contribution in [0.3, 0.4) is 0 Å². The van der Waals surface area contributed by atoms with Crippen LogP contribution < -0.4 is 4.74 Å². The summed E-state index contributed by atoms with van der Waals surface area (Å²) in [5.74, 6) is -1.01. The van der Waals surface area contributed by atoms with Crippen molar-refractivity contribution in [3.05, 3.63) is 29.8 Å². The first-order valence-electron chi connectivity index (χ1n) is 7.24. The minimum absolute atomic E-state index is 0.174. The van der Waals surface area contributed by atoms with E-state index in [0.29, 0.717) is 24.5 Å². The quantitative estimate of drug-likeness (QED) is 0.800. The highest BCUT2D eigenvalue weighted by atomic mass is 16.5. The first-order chi connectivity index (χ1) is 9.99. The van der Waals surface area contributed by atoms with Gasteiger partial charge in [0.15, 0.2) is 0 Å². The maximum Gasteiger partial charge on any atom is 0.308 e. The average molecular weight is 293 g/mol. The van der Waals surface area contributed by atoms with Gasteiger partial charge in [-0.05, 0) is 31.5 Å². The highest BCUT2D eigenvalue weighted by molar-refractivity contribution is 5.94. The summed E-state index contributed by atoms with van der Waals surface area (Å²) in [5.41, 5.74) is 0.517. The van der Waals surface area contributed by atoms with E-state index in [1.807, 2.05) is 19.9 Å². The number of hydrogen-bond acceptors (Lipinski definition) is 3. The molecule has 0 aromatic heterocycles. The van der Waals surface area contributed by atoms with Crippen LogP contribution in [-0.2, 0) is 4.79 Å². The van der Waals surface area contributed by atoms with E-state index in [1.165, 1.54) is 4.90 Å². The SMILES string of the molecule is CCCOc1cccc(C(=O)N(CC)CC(C)C(=O)O)c1. The number of benzene rings is 1. The molecule has 1 unspecified atom stereocenters. The number of hydrogen-bond donors (Lipinski definition) is 1. The summed E-state index contributed by atoms with van der Waals surface area (Å²) in [7, 11) is 0. The largest absolute Gasteiger partial charge is 0.494 e. The molecule has 21 heavy (non-hydrogen) atoms. The van der Waals surface area contributed by atoms with E-state index in [4.69, 9.17) is 9.84 Å². The molecule has 0 bridgehead atoms. The summed E-state index contributed by atoms with van der Waals surface area (Å²) in [5, 5.41) is 8.96. The normalized spacial score (nSPS) is 11.8. The molecular formula is C16H23NO4. The van der Waals surface area contributed by atoms with E-state index in [0.717, 1.165) is 6.42 Å². The number of carboxylic acid groups (broad SMARTS) is 1. The van der Waals surface area contributed by atoms with Gasteiger partial charge in [0.2, 0.25) is 0 Å². The van der Waals surface area contributed by atoms with Crippen LogP contribution in [0, 0.1) is 5.92 Å². The van der Waals surface area contributed by atoms with Crippen LogP contribution in [0.25, 0.3) is 0 Å². The average Bonchev–Trinajstić information content (AvgIpc) is 2.49. The third-order valence-electron chi connectivity index (χ3n) is 3.14. The number of carbonyl (C=O) groups is 2. The van der Waals surface area contributed by atoms with Gasteiger partial charge >= 0.3 is 5.97 Å². The fourth-order valence-electron chi connectivity index (χ4n) is 1.89. The second-order valence-corrected chi connectivity index (χ2v) is 4.96. The molecule has 0 spiro atoms. The molecule has 0 aliphatic carbocycles. The van der Waals surface area contributed by atoms with Crippen molar-refractivity contribution in [2.45, 2.75) is 27.2 Å². The van der Waals surface area contributed by atoms with Crippen LogP contribution >= 0.6 is 0 Å². The molecule has 0 aliphatic heterocycles. The van der Waals surface area contributed by atoms with Gasteiger partial charge in [-0.15, -0.1) is 0 Å². The van der Waals surface area contributed by atoms with Gasteiger partial charge in [-0.2, -0.15) is 0 Å². The second-order valence-electron chi connectivity index (χ2n) is 4.96. The highest BCUT2D eigenvalue weighted by Gasteiger charge is 2.20. The van der Waals surface area contributed by atoms with Crippen molar-refractivity contribution in [2.24, 2.45) is 5.92 Å². The maximum atomic E-state index is 12.4. The van der Waals surface area contributed by atoms with Gasteiger partial charge in [-0.25, -0.2) is 0 Å². The van der Waals surface area contributed by atoms with Crippen molar-refractivity contribution >= 4 is 11.9 Å². The summed E-state index contributed by atoms with van der Waals surface area (Å²) in [4.78, 5) is 24.9. The molecule has 1 aromatic carbocycles. The van der Waals surface area contributed by atoms with Gasteiger partial charge in [0.1, 0.15) is 5.75 Å². The van der Waals surface area contributed by atoms with Crippen LogP contribution in [-0.4, -0.2) is 41.6 Å². The lowest BCUT2D eigenvalue weighted by molar-refractivity contribution is -0.141. The van der Waals surface area contributed by atoms with Crippen LogP contribution in [0.2, 0.25) is 0 Å². The van der Waals surface area contributed by atoms with Crippen molar-refractivity contribution in [1.29, 1.82) is 0 Å². The molecule has 0 saturated heterocycles. The second kappa shape index (κ2) is 8.29. The first-order valence-corrected chi connectivity index (χ1v) is 7.24. The maximum absolute atomic E-state index is 12.4. The van der Waals surface area contributed by atoms with E-state index in [1.54, 1.807) is 25.1 Å². The van der Waals surface area contributed by atoms with E-state index in [-0.39, 0.29) is 12.5 Å². The van der Waals surface area contributed by atoms with Crippen molar-refractivity contribution in [3.63, 3.8) is 0 Å². The highest BCUT2D eigenvalue weighted by Crippen LogP contribution is 2.16. The Bertz CT molecular complexity index is 487. The lowest BCUT2D eigenvalue weighted by Crippen LogP contribution is -2.36. The van der Waals surface area contributed by atoms with Crippen molar-refractivity contribution < 1.29 is 19.4 Å². The zero-order valence-electron chi connectivity index (χ0n) is 12.8. The third-order valence-corrected chi connectivity index (χ3v) is 3.14. The van der Waals surface area contributed by atoms with Crippen LogP contribution in [0.1, 0.15) is 37.6 Å². The molecule has 116 valence electrons. The van der Waals surface area contributed by atoms with Crippen LogP contribution in [0.4, 0.5) is 0 Å². The Morgan fingerprint density at radius 3 is 2.62 bits per heavy atom. The first kappa shape index (κ1) is 17.0. The van der Waals surface area contributed by atoms with Crippen LogP contribution in [0.5, 0.6) is 5.75 Å². The third kappa shape index (κ3) is 5.10. The molecule has 1 N–H and O–H groups in total. The minimum Gasteiger partial charge on any atom is -0.494 e. The van der Waals surface area contributed by atoms with Crippen LogP contribution in [0.15, 0.2) is 24.3 Å². The predicted molar refractivity (Wildman–Crippen MR) is 80.6 cm³/mol. The zero-order chi connectivity index (χ0) is 15.8. The number of carboxylic acids is 1. The molecular weight excluding hydrogens is 270 g/mol. The van der Waals surface area contributed by atoms with E-state index in [2.05, 4.69) is 0 Å². The molecule has 0 heterocycles. The Morgan fingerprint density at radius 1 is 1.33 bits per heavy atom. The summed E-state index contributed by atoms with van der Waals surface area (Å²) in [6.45, 7) is 6.72. The summed E-state index contributed by atoms with van der Waals surface area (Å²) in [6, 6.07) is 7.00. The number of ether oxygens (including phenoxy) is 1. The molecule has 5 heteroatoms. The van der Waals surface area contributed by atoms with E-state index in [9.17, 15) is 9.59 Å². The van der Waals surface area contributed by atoms with Gasteiger partial charge in [0, 0.05) is 18.7 Å². The molecule has 1 amide bonds. The number of nitrogens with zero attached hydrogens (tertiary/aromatic N) is 1. The molecule has 1 aromatic rings. The predicted octanol–water partition coefficient (Wildman–Crippen LogP) is 2.66. The van der Waals surface area contributed by atoms with Crippen molar-refractivity contribution in [2.75, 3.05) is 19.7 Å². The molecule has 5 nitrogen and oxygen atoms in total. The number of carbonyl (C=O) groups excluding carboxylic acids is 1. The Labute approximate surface area is 125 Å². The summed E-state index contributed by atoms with van der Waals surface area (Å²) in [6.07, 6.45) is 0.898. The van der Waals surface area contributed by atoms with Gasteiger partial charge in [-0.3, -0.25) is 9.59 Å². The van der Waals surface area contributed by atoms with Gasteiger partial charge < -0.3 is 14.7 Å². The van der Waals surface area contributed by atoms with E-state index >= 15 is 0 Å². The zero-order valence-corrected chi connectivity index (χ0v) is 12.8. The monoisotopic (exact) mass is 293 g/mol. The number of aliphatic carboxylic acids is 1. The molecule has 0 aliphatic rings. The standard InChI is InChI=1S/C16H23NO4/c1-4-9-21-14-8-6-7-13(10-14)15(18)17(5-2)11-12(3)16(19)20/h6-8,10,12H,4-5,9,11H2,1-3H3,(H,19,20). The Balaban J connectivity index is 2.82. The molecule has 0 radical (unpaired) electrons. The topological polar surface area (TPSA) is 66.8 Å². The van der Waals surface area contributed by atoms with Gasteiger partial charge in [-0.1, -0.05) is 19.9 Å². The van der Waals surface area contributed by atoms with E-state index < -0.39 is 11.9 Å². The van der Waals surface area contributed by atoms with Crippen molar-refractivity contribution in [3.8, 4) is 5.75 Å². The number of amides is 1. The van der Waals surface area contributed by atoms with Gasteiger partial charge in [0.05, 0.1) is 12.5 Å². The summed E-state index contributed by atoms with van der Waals surface area (Å²) >= 11 is 0. The van der Waals surface area contributed by atoms with Gasteiger partial charge in [0.25, 0.3) is 5.91 Å². The smallest absolute Gasteiger partial charge is 0.308 e. The fourth-order valence-corrected chi connectivity index (χ4v) is 1.89. The molecule has 0 fully saturated rings. The Kier molecular flexibility index (Phi) is 6.72. The molecule has 1 atom stereocenters. The van der Waals surface area contributed by atoms with Crippen molar-refractivity contribution in [1.82, 2.24) is 4.90 Å². The number of rotatable bonds is 8. The minimum atomic E-state index is -0.902. The summed E-state index contributed by atoms with van der Waals surface area (Å²) < 4.78 is 5.51. The molecule has 0 saturated carbocycles. The lowest BCUT2D eigenvalue weighted by atomic mass is 10.1. The molecule has 1 rings (SSSR count).